The molecule has 1 aliphatic rings. The van der Waals surface area contributed by atoms with Crippen molar-refractivity contribution in [1.29, 1.82) is 0 Å². The number of amides is 2. The number of hydrogen-bond donors (Lipinski definition) is 2. The Balaban J connectivity index is 2.53. The summed E-state index contributed by atoms with van der Waals surface area (Å²) in [5, 5.41) is 12.2. The maximum atomic E-state index is 12.1. The van der Waals surface area contributed by atoms with E-state index in [4.69, 9.17) is 4.74 Å². The zero-order valence-corrected chi connectivity index (χ0v) is 12.2. The molecule has 21 heavy (non-hydrogen) atoms. The summed E-state index contributed by atoms with van der Waals surface area (Å²) in [5.41, 5.74) is 1.31. The van der Waals surface area contributed by atoms with Gasteiger partial charge in [0.1, 0.15) is 5.75 Å². The molecule has 6 heteroatoms. The van der Waals surface area contributed by atoms with E-state index in [0.29, 0.717) is 23.6 Å². The maximum absolute atomic E-state index is 12.1. The first-order chi connectivity index (χ1) is 9.99. The van der Waals surface area contributed by atoms with Crippen LogP contribution in [0.1, 0.15) is 25.5 Å². The number of benzene rings is 1. The van der Waals surface area contributed by atoms with Crippen LogP contribution in [0.3, 0.4) is 0 Å². The first-order valence-corrected chi connectivity index (χ1v) is 6.65. The maximum Gasteiger partial charge on any atom is 0.335 e. The average molecular weight is 290 g/mol. The lowest BCUT2D eigenvalue weighted by atomic mass is 9.95. The van der Waals surface area contributed by atoms with Gasteiger partial charge >= 0.3 is 12.0 Å². The number of rotatable bonds is 4. The Morgan fingerprint density at radius 1 is 1.48 bits per heavy atom. The van der Waals surface area contributed by atoms with Gasteiger partial charge in [0, 0.05) is 12.2 Å². The van der Waals surface area contributed by atoms with E-state index in [1.807, 2.05) is 0 Å². The molecule has 1 aromatic carbocycles. The normalized spacial score (nSPS) is 18.5. The molecule has 2 amide bonds. The van der Waals surface area contributed by atoms with Crippen LogP contribution in [0.5, 0.6) is 5.75 Å². The summed E-state index contributed by atoms with van der Waals surface area (Å²) in [6, 6.07) is 6.04. The molecule has 2 N–H and O–H groups in total. The zero-order chi connectivity index (χ0) is 15.6. The molecule has 0 aliphatic carbocycles. The van der Waals surface area contributed by atoms with Gasteiger partial charge in [-0.15, -0.1) is 0 Å². The number of nitrogens with one attached hydrogen (secondary N) is 1. The molecule has 1 heterocycles. The molecule has 0 bridgehead atoms. The minimum absolute atomic E-state index is 0.171. The molecule has 1 aliphatic heterocycles. The third-order valence-electron chi connectivity index (χ3n) is 3.57. The number of carboxylic acid groups (broad SMARTS) is 1. The van der Waals surface area contributed by atoms with Crippen molar-refractivity contribution in [3.8, 4) is 5.75 Å². The van der Waals surface area contributed by atoms with Gasteiger partial charge < -0.3 is 15.2 Å². The van der Waals surface area contributed by atoms with E-state index >= 15 is 0 Å². The quantitative estimate of drug-likeness (QED) is 0.890. The van der Waals surface area contributed by atoms with E-state index in [9.17, 15) is 14.7 Å². The van der Waals surface area contributed by atoms with Crippen LogP contribution < -0.4 is 10.1 Å². The number of methoxy groups -OCH3 is 1. The summed E-state index contributed by atoms with van der Waals surface area (Å²) in [4.78, 5) is 25.1. The largest absolute Gasteiger partial charge is 0.497 e. The van der Waals surface area contributed by atoms with E-state index in [0.717, 1.165) is 0 Å². The number of carbonyl (C=O) groups excluding carboxylic acids is 1. The summed E-state index contributed by atoms with van der Waals surface area (Å²) >= 11 is 0. The molecule has 2 rings (SSSR count). The average Bonchev–Trinajstić information content (AvgIpc) is 2.46. The van der Waals surface area contributed by atoms with Gasteiger partial charge in [0.15, 0.2) is 0 Å². The van der Waals surface area contributed by atoms with Crippen LogP contribution in [0, 0.1) is 0 Å². The summed E-state index contributed by atoms with van der Waals surface area (Å²) < 4.78 is 5.15. The number of nitrogens with zero attached hydrogens (tertiary/aromatic N) is 1. The van der Waals surface area contributed by atoms with E-state index in [2.05, 4.69) is 5.32 Å². The Morgan fingerprint density at radius 2 is 2.19 bits per heavy atom. The number of hydrogen-bond acceptors (Lipinski definition) is 3. The highest BCUT2D eigenvalue weighted by atomic mass is 16.5. The first-order valence-electron chi connectivity index (χ1n) is 6.65. The van der Waals surface area contributed by atoms with Crippen molar-refractivity contribution in [1.82, 2.24) is 10.2 Å². The molecule has 0 radical (unpaired) electrons. The molecule has 1 atom stereocenters. The van der Waals surface area contributed by atoms with Crippen LogP contribution in [0.4, 0.5) is 4.79 Å². The zero-order valence-electron chi connectivity index (χ0n) is 12.2. The van der Waals surface area contributed by atoms with Gasteiger partial charge in [-0.25, -0.2) is 9.59 Å². The Bertz CT molecular complexity index is 609. The van der Waals surface area contributed by atoms with Crippen molar-refractivity contribution in [2.75, 3.05) is 13.7 Å². The van der Waals surface area contributed by atoms with Gasteiger partial charge in [0.25, 0.3) is 0 Å². The van der Waals surface area contributed by atoms with Crippen LogP contribution in [-0.4, -0.2) is 35.7 Å². The molecule has 6 nitrogen and oxygen atoms in total. The van der Waals surface area contributed by atoms with Crippen molar-refractivity contribution < 1.29 is 19.4 Å². The van der Waals surface area contributed by atoms with Crippen molar-refractivity contribution in [2.24, 2.45) is 0 Å². The lowest BCUT2D eigenvalue weighted by Crippen LogP contribution is -2.47. The summed E-state index contributed by atoms with van der Waals surface area (Å²) in [5.74, 6) is -0.430. The van der Waals surface area contributed by atoms with Gasteiger partial charge in [0.2, 0.25) is 0 Å². The molecule has 1 unspecified atom stereocenters. The minimum atomic E-state index is -1.04. The SMILES string of the molecule is CCN1C(=O)NC(c2cccc(OC)c2)C(C(=O)O)=C1C. The highest BCUT2D eigenvalue weighted by molar-refractivity contribution is 5.93. The number of ether oxygens (including phenoxy) is 1. The topological polar surface area (TPSA) is 78.9 Å². The van der Waals surface area contributed by atoms with Crippen molar-refractivity contribution >= 4 is 12.0 Å². The van der Waals surface area contributed by atoms with Crippen molar-refractivity contribution in [3.05, 3.63) is 41.1 Å². The van der Waals surface area contributed by atoms with Gasteiger partial charge in [-0.1, -0.05) is 12.1 Å². The fourth-order valence-electron chi connectivity index (χ4n) is 2.51. The van der Waals surface area contributed by atoms with Gasteiger partial charge in [-0.3, -0.25) is 4.90 Å². The Hall–Kier alpha value is -2.50. The molecule has 0 fully saturated rings. The van der Waals surface area contributed by atoms with Gasteiger partial charge in [-0.2, -0.15) is 0 Å². The Kier molecular flexibility index (Phi) is 4.16. The van der Waals surface area contributed by atoms with E-state index in [1.165, 1.54) is 12.0 Å². The highest BCUT2D eigenvalue weighted by Crippen LogP contribution is 2.31. The number of urea groups is 1. The third kappa shape index (κ3) is 2.69. The van der Waals surface area contributed by atoms with E-state index in [1.54, 1.807) is 38.1 Å². The fraction of sp³-hybridized carbons (Fsp3) is 0.333. The van der Waals surface area contributed by atoms with Gasteiger partial charge in [0.05, 0.1) is 18.7 Å². The van der Waals surface area contributed by atoms with E-state index < -0.39 is 12.0 Å². The predicted molar refractivity (Wildman–Crippen MR) is 77.0 cm³/mol. The van der Waals surface area contributed by atoms with Crippen LogP contribution in [0.2, 0.25) is 0 Å². The predicted octanol–water partition coefficient (Wildman–Crippen LogP) is 2.14. The number of allylic oxidation sites excluding steroid dienone is 1. The lowest BCUT2D eigenvalue weighted by Gasteiger charge is -2.34. The van der Waals surface area contributed by atoms with E-state index in [-0.39, 0.29) is 11.6 Å². The molecule has 1 aromatic rings. The number of carboxylic acids is 1. The molecular formula is C15H18N2O4. The smallest absolute Gasteiger partial charge is 0.335 e. The molecule has 0 saturated heterocycles. The lowest BCUT2D eigenvalue weighted by molar-refractivity contribution is -0.133. The second kappa shape index (κ2) is 5.87. The van der Waals surface area contributed by atoms with Crippen LogP contribution in [0.25, 0.3) is 0 Å². The Morgan fingerprint density at radius 3 is 2.76 bits per heavy atom. The van der Waals surface area contributed by atoms with Crippen molar-refractivity contribution in [2.45, 2.75) is 19.9 Å². The summed E-state index contributed by atoms with van der Waals surface area (Å²) in [6.07, 6.45) is 0. The molecular weight excluding hydrogens is 272 g/mol. The first kappa shape index (κ1) is 14.9. The number of aliphatic carboxylic acids is 1. The second-order valence-corrected chi connectivity index (χ2v) is 4.71. The highest BCUT2D eigenvalue weighted by Gasteiger charge is 2.34. The molecule has 0 aromatic heterocycles. The summed E-state index contributed by atoms with van der Waals surface area (Å²) in [6.45, 7) is 3.87. The third-order valence-corrected chi connectivity index (χ3v) is 3.57. The molecule has 0 saturated carbocycles. The summed E-state index contributed by atoms with van der Waals surface area (Å²) in [7, 11) is 1.54. The van der Waals surface area contributed by atoms with Gasteiger partial charge in [-0.05, 0) is 31.5 Å². The molecule has 112 valence electrons. The monoisotopic (exact) mass is 290 g/mol. The fourth-order valence-corrected chi connectivity index (χ4v) is 2.51. The Labute approximate surface area is 123 Å². The molecule has 0 spiro atoms. The van der Waals surface area contributed by atoms with Crippen LogP contribution in [0.15, 0.2) is 35.5 Å². The standard InChI is InChI=1S/C15H18N2O4/c1-4-17-9(2)12(14(18)19)13(16-15(17)20)10-6-5-7-11(8-10)21-3/h5-8,13H,4H2,1-3H3,(H,16,20)(H,18,19). The second-order valence-electron chi connectivity index (χ2n) is 4.71. The van der Waals surface area contributed by atoms with Crippen LogP contribution in [-0.2, 0) is 4.79 Å². The van der Waals surface area contributed by atoms with Crippen LogP contribution >= 0.6 is 0 Å². The minimum Gasteiger partial charge on any atom is -0.497 e. The number of carbonyl (C=O) groups is 2. The van der Waals surface area contributed by atoms with Crippen molar-refractivity contribution in [3.63, 3.8) is 0 Å².